The molecule has 0 aromatic carbocycles. The Morgan fingerprint density at radius 3 is 2.68 bits per heavy atom. The lowest BCUT2D eigenvalue weighted by Gasteiger charge is -2.26. The highest BCUT2D eigenvalue weighted by atomic mass is 16.3. The molecule has 19 heavy (non-hydrogen) atoms. The summed E-state index contributed by atoms with van der Waals surface area (Å²) in [5, 5.41) is 15.7. The van der Waals surface area contributed by atoms with Crippen molar-refractivity contribution in [2.45, 2.75) is 44.1 Å². The number of anilines is 1. The minimum Gasteiger partial charge on any atom is -0.388 e. The first-order chi connectivity index (χ1) is 9.18. The summed E-state index contributed by atoms with van der Waals surface area (Å²) in [6.45, 7) is 0.282. The minimum atomic E-state index is -0.764. The van der Waals surface area contributed by atoms with Gasteiger partial charge in [-0.15, -0.1) is 0 Å². The van der Waals surface area contributed by atoms with E-state index in [9.17, 15) is 9.90 Å². The molecule has 2 rings (SSSR count). The summed E-state index contributed by atoms with van der Waals surface area (Å²) in [6.07, 6.45) is 8.79. The smallest absolute Gasteiger partial charge is 0.320 e. The maximum absolute atomic E-state index is 11.7. The van der Waals surface area contributed by atoms with Crippen LogP contribution in [0.3, 0.4) is 0 Å². The fourth-order valence-electron chi connectivity index (χ4n) is 2.33. The summed E-state index contributed by atoms with van der Waals surface area (Å²) in [7, 11) is 0. The van der Waals surface area contributed by atoms with Crippen LogP contribution in [0.5, 0.6) is 0 Å². The van der Waals surface area contributed by atoms with Gasteiger partial charge in [-0.3, -0.25) is 5.32 Å². The largest absolute Gasteiger partial charge is 0.388 e. The summed E-state index contributed by atoms with van der Waals surface area (Å²) >= 11 is 0. The standard InChI is InChI=1S/C13H20N4O2/c18-12(17-11-5-8-14-10-16-11)15-9-13(19)6-3-1-2-4-7-13/h5,8,10,19H,1-4,6-7,9H2,(H2,14,15,16,17,18). The molecule has 104 valence electrons. The first kappa shape index (κ1) is 13.7. The third-order valence-electron chi connectivity index (χ3n) is 3.44. The van der Waals surface area contributed by atoms with Crippen LogP contribution < -0.4 is 10.6 Å². The van der Waals surface area contributed by atoms with Crippen LogP contribution in [0.2, 0.25) is 0 Å². The quantitative estimate of drug-likeness (QED) is 0.725. The Labute approximate surface area is 112 Å². The number of carbonyl (C=O) groups is 1. The lowest BCUT2D eigenvalue weighted by molar-refractivity contribution is 0.0281. The highest BCUT2D eigenvalue weighted by molar-refractivity contribution is 5.88. The van der Waals surface area contributed by atoms with Crippen LogP contribution in [-0.2, 0) is 0 Å². The van der Waals surface area contributed by atoms with E-state index in [0.717, 1.165) is 38.5 Å². The van der Waals surface area contributed by atoms with E-state index in [0.29, 0.717) is 5.82 Å². The number of nitrogens with zero attached hydrogens (tertiary/aromatic N) is 2. The molecular formula is C13H20N4O2. The zero-order valence-electron chi connectivity index (χ0n) is 10.9. The van der Waals surface area contributed by atoms with Gasteiger partial charge in [0.2, 0.25) is 0 Å². The molecule has 0 unspecified atom stereocenters. The normalized spacial score (nSPS) is 18.4. The number of hydrogen-bond donors (Lipinski definition) is 3. The molecule has 0 aliphatic heterocycles. The second kappa shape index (κ2) is 6.47. The molecule has 6 nitrogen and oxygen atoms in total. The predicted molar refractivity (Wildman–Crippen MR) is 71.7 cm³/mol. The Bertz CT molecular complexity index is 402. The van der Waals surface area contributed by atoms with Gasteiger partial charge in [0.1, 0.15) is 12.1 Å². The van der Waals surface area contributed by atoms with Crippen molar-refractivity contribution in [3.63, 3.8) is 0 Å². The van der Waals surface area contributed by atoms with Gasteiger partial charge in [0.15, 0.2) is 0 Å². The molecule has 0 saturated heterocycles. The molecular weight excluding hydrogens is 244 g/mol. The van der Waals surface area contributed by atoms with Gasteiger partial charge in [0.05, 0.1) is 5.60 Å². The van der Waals surface area contributed by atoms with Gasteiger partial charge in [0.25, 0.3) is 0 Å². The lowest BCUT2D eigenvalue weighted by Crippen LogP contribution is -2.44. The van der Waals surface area contributed by atoms with E-state index in [1.807, 2.05) is 0 Å². The van der Waals surface area contributed by atoms with Crippen LogP contribution in [0, 0.1) is 0 Å². The number of carbonyl (C=O) groups excluding carboxylic acids is 1. The number of hydrogen-bond acceptors (Lipinski definition) is 4. The second-order valence-electron chi connectivity index (χ2n) is 5.04. The van der Waals surface area contributed by atoms with Crippen molar-refractivity contribution >= 4 is 11.8 Å². The van der Waals surface area contributed by atoms with Crippen molar-refractivity contribution in [1.82, 2.24) is 15.3 Å². The predicted octanol–water partition coefficient (Wildman–Crippen LogP) is 1.68. The molecule has 1 aromatic rings. The first-order valence-electron chi connectivity index (χ1n) is 6.71. The van der Waals surface area contributed by atoms with E-state index in [2.05, 4.69) is 20.6 Å². The highest BCUT2D eigenvalue weighted by Gasteiger charge is 2.28. The number of urea groups is 1. The number of aromatic nitrogens is 2. The molecule has 1 aliphatic rings. The molecule has 1 heterocycles. The number of amides is 2. The van der Waals surface area contributed by atoms with E-state index >= 15 is 0 Å². The van der Waals surface area contributed by atoms with Gasteiger partial charge in [0, 0.05) is 12.7 Å². The Hall–Kier alpha value is -1.69. The van der Waals surface area contributed by atoms with Crippen molar-refractivity contribution in [2.75, 3.05) is 11.9 Å². The van der Waals surface area contributed by atoms with Crippen LogP contribution in [0.4, 0.5) is 10.6 Å². The molecule has 0 bridgehead atoms. The summed E-state index contributed by atoms with van der Waals surface area (Å²) < 4.78 is 0. The topological polar surface area (TPSA) is 87.1 Å². The van der Waals surface area contributed by atoms with Crippen LogP contribution in [0.25, 0.3) is 0 Å². The summed E-state index contributed by atoms with van der Waals surface area (Å²) in [5.74, 6) is 0.445. The summed E-state index contributed by atoms with van der Waals surface area (Å²) in [4.78, 5) is 19.4. The van der Waals surface area contributed by atoms with Crippen molar-refractivity contribution in [1.29, 1.82) is 0 Å². The maximum Gasteiger partial charge on any atom is 0.320 e. The van der Waals surface area contributed by atoms with Crippen LogP contribution in [-0.4, -0.2) is 33.3 Å². The monoisotopic (exact) mass is 264 g/mol. The number of aliphatic hydroxyl groups is 1. The molecule has 1 saturated carbocycles. The fraction of sp³-hybridized carbons (Fsp3) is 0.615. The Morgan fingerprint density at radius 1 is 1.32 bits per heavy atom. The molecule has 1 fully saturated rings. The summed E-state index contributed by atoms with van der Waals surface area (Å²) in [5.41, 5.74) is -0.764. The van der Waals surface area contributed by atoms with Gasteiger partial charge in [-0.05, 0) is 18.9 Å². The van der Waals surface area contributed by atoms with Crippen LogP contribution >= 0.6 is 0 Å². The Morgan fingerprint density at radius 2 is 2.05 bits per heavy atom. The number of rotatable bonds is 3. The molecule has 1 aliphatic carbocycles. The van der Waals surface area contributed by atoms with E-state index in [1.165, 1.54) is 6.33 Å². The van der Waals surface area contributed by atoms with Gasteiger partial charge in [-0.25, -0.2) is 14.8 Å². The van der Waals surface area contributed by atoms with E-state index in [1.54, 1.807) is 12.3 Å². The van der Waals surface area contributed by atoms with Crippen molar-refractivity contribution < 1.29 is 9.90 Å². The van der Waals surface area contributed by atoms with Gasteiger partial charge >= 0.3 is 6.03 Å². The SMILES string of the molecule is O=C(NCC1(O)CCCCCC1)Nc1ccncn1. The van der Waals surface area contributed by atoms with Gasteiger partial charge in [-0.1, -0.05) is 25.7 Å². The van der Waals surface area contributed by atoms with Gasteiger partial charge < -0.3 is 10.4 Å². The van der Waals surface area contributed by atoms with Crippen molar-refractivity contribution in [3.05, 3.63) is 18.6 Å². The van der Waals surface area contributed by atoms with E-state index in [4.69, 9.17) is 0 Å². The van der Waals surface area contributed by atoms with Crippen LogP contribution in [0.1, 0.15) is 38.5 Å². The van der Waals surface area contributed by atoms with Crippen molar-refractivity contribution in [3.8, 4) is 0 Å². The molecule has 0 spiro atoms. The molecule has 1 aromatic heterocycles. The zero-order chi connectivity index (χ0) is 13.6. The number of nitrogens with one attached hydrogen (secondary N) is 2. The van der Waals surface area contributed by atoms with Gasteiger partial charge in [-0.2, -0.15) is 0 Å². The Balaban J connectivity index is 1.79. The molecule has 0 atom stereocenters. The molecule has 0 radical (unpaired) electrons. The van der Waals surface area contributed by atoms with E-state index in [-0.39, 0.29) is 12.6 Å². The maximum atomic E-state index is 11.7. The summed E-state index contributed by atoms with van der Waals surface area (Å²) in [6, 6.07) is 1.26. The van der Waals surface area contributed by atoms with Crippen LogP contribution in [0.15, 0.2) is 18.6 Å². The third kappa shape index (κ3) is 4.48. The first-order valence-corrected chi connectivity index (χ1v) is 6.71. The second-order valence-corrected chi connectivity index (χ2v) is 5.04. The lowest BCUT2D eigenvalue weighted by atomic mass is 9.95. The Kier molecular flexibility index (Phi) is 4.68. The third-order valence-corrected chi connectivity index (χ3v) is 3.44. The van der Waals surface area contributed by atoms with Crippen molar-refractivity contribution in [2.24, 2.45) is 0 Å². The molecule has 6 heteroatoms. The zero-order valence-corrected chi connectivity index (χ0v) is 10.9. The highest BCUT2D eigenvalue weighted by Crippen LogP contribution is 2.26. The minimum absolute atomic E-state index is 0.282. The average Bonchev–Trinajstić information content (AvgIpc) is 2.63. The molecule has 3 N–H and O–H groups in total. The fourth-order valence-corrected chi connectivity index (χ4v) is 2.33. The average molecular weight is 264 g/mol. The van der Waals surface area contributed by atoms with E-state index < -0.39 is 5.60 Å². The molecule has 2 amide bonds.